The number of benzene rings is 1. The lowest BCUT2D eigenvalue weighted by molar-refractivity contribution is 0.276. The third-order valence-electron chi connectivity index (χ3n) is 2.76. The standard InChI is InChI=1S/C12H12N4O/c17-6-5-16-4-3-13-12(16)9-1-2-10-8-14-15-11(10)7-9/h1-4,7-8,17H,5-6H2,(H,14,15). The number of nitrogens with zero attached hydrogens (tertiary/aromatic N) is 3. The average Bonchev–Trinajstić information content (AvgIpc) is 2.96. The molecule has 0 aliphatic rings. The summed E-state index contributed by atoms with van der Waals surface area (Å²) in [7, 11) is 0. The molecule has 2 heterocycles. The molecule has 5 heteroatoms. The zero-order valence-electron chi connectivity index (χ0n) is 9.17. The number of aliphatic hydroxyl groups is 1. The number of aromatic nitrogens is 4. The molecule has 17 heavy (non-hydrogen) atoms. The van der Waals surface area contributed by atoms with Gasteiger partial charge in [0.2, 0.25) is 0 Å². The fourth-order valence-electron chi connectivity index (χ4n) is 1.93. The van der Waals surface area contributed by atoms with Crippen molar-refractivity contribution in [3.8, 4) is 11.4 Å². The van der Waals surface area contributed by atoms with Gasteiger partial charge in [0.25, 0.3) is 0 Å². The molecular formula is C12H12N4O. The molecule has 2 aromatic heterocycles. The van der Waals surface area contributed by atoms with Crippen LogP contribution < -0.4 is 0 Å². The first-order chi connectivity index (χ1) is 8.38. The van der Waals surface area contributed by atoms with Crippen LogP contribution in [0.4, 0.5) is 0 Å². The van der Waals surface area contributed by atoms with Crippen molar-refractivity contribution in [2.24, 2.45) is 0 Å². The molecule has 5 nitrogen and oxygen atoms in total. The summed E-state index contributed by atoms with van der Waals surface area (Å²) in [5.74, 6) is 0.857. The molecule has 2 N–H and O–H groups in total. The maximum atomic E-state index is 8.98. The summed E-state index contributed by atoms with van der Waals surface area (Å²) >= 11 is 0. The first-order valence-electron chi connectivity index (χ1n) is 5.44. The van der Waals surface area contributed by atoms with E-state index < -0.39 is 0 Å². The second-order valence-corrected chi connectivity index (χ2v) is 3.84. The molecule has 0 saturated heterocycles. The molecule has 0 spiro atoms. The number of imidazole rings is 1. The van der Waals surface area contributed by atoms with Crippen LogP contribution >= 0.6 is 0 Å². The Balaban J connectivity index is 2.09. The molecule has 0 bridgehead atoms. The Morgan fingerprint density at radius 2 is 2.29 bits per heavy atom. The zero-order valence-corrected chi connectivity index (χ0v) is 9.17. The number of nitrogens with one attached hydrogen (secondary N) is 1. The molecule has 3 aromatic rings. The van der Waals surface area contributed by atoms with Gasteiger partial charge in [0.15, 0.2) is 0 Å². The summed E-state index contributed by atoms with van der Waals surface area (Å²) < 4.78 is 1.93. The van der Waals surface area contributed by atoms with Gasteiger partial charge < -0.3 is 9.67 Å². The van der Waals surface area contributed by atoms with Gasteiger partial charge in [-0.2, -0.15) is 5.10 Å². The molecule has 0 fully saturated rings. The highest BCUT2D eigenvalue weighted by Crippen LogP contribution is 2.21. The van der Waals surface area contributed by atoms with Crippen LogP contribution in [-0.4, -0.2) is 31.5 Å². The Morgan fingerprint density at radius 3 is 3.18 bits per heavy atom. The van der Waals surface area contributed by atoms with E-state index in [-0.39, 0.29) is 6.61 Å². The molecule has 3 rings (SSSR count). The third kappa shape index (κ3) is 1.70. The summed E-state index contributed by atoms with van der Waals surface area (Å²) in [4.78, 5) is 4.31. The van der Waals surface area contributed by atoms with Crippen LogP contribution in [0, 0.1) is 0 Å². The predicted molar refractivity (Wildman–Crippen MR) is 64.4 cm³/mol. The van der Waals surface area contributed by atoms with E-state index in [0.717, 1.165) is 22.3 Å². The minimum Gasteiger partial charge on any atom is -0.395 e. The molecule has 0 aliphatic carbocycles. The largest absolute Gasteiger partial charge is 0.395 e. The van der Waals surface area contributed by atoms with Crippen LogP contribution in [0.25, 0.3) is 22.3 Å². The van der Waals surface area contributed by atoms with Gasteiger partial charge in [-0.05, 0) is 6.07 Å². The molecule has 0 radical (unpaired) electrons. The Morgan fingerprint density at radius 1 is 1.35 bits per heavy atom. The van der Waals surface area contributed by atoms with Crippen LogP contribution in [0.3, 0.4) is 0 Å². The maximum absolute atomic E-state index is 8.98. The summed E-state index contributed by atoms with van der Waals surface area (Å²) in [5, 5.41) is 17.0. The van der Waals surface area contributed by atoms with Gasteiger partial charge in [0, 0.05) is 29.9 Å². The van der Waals surface area contributed by atoms with Gasteiger partial charge in [-0.3, -0.25) is 5.10 Å². The van der Waals surface area contributed by atoms with Crippen LogP contribution in [-0.2, 0) is 6.54 Å². The van der Waals surface area contributed by atoms with Gasteiger partial charge in [-0.1, -0.05) is 12.1 Å². The van der Waals surface area contributed by atoms with Crippen LogP contribution in [0.5, 0.6) is 0 Å². The number of aliphatic hydroxyl groups excluding tert-OH is 1. The van der Waals surface area contributed by atoms with Crippen molar-refractivity contribution in [1.29, 1.82) is 0 Å². The molecule has 0 saturated carbocycles. The van der Waals surface area contributed by atoms with Crippen molar-refractivity contribution >= 4 is 10.9 Å². The van der Waals surface area contributed by atoms with Crippen LogP contribution in [0.2, 0.25) is 0 Å². The SMILES string of the molecule is OCCn1ccnc1-c1ccc2cn[nH]c2c1. The summed E-state index contributed by atoms with van der Waals surface area (Å²) in [5.41, 5.74) is 2.00. The number of hydrogen-bond donors (Lipinski definition) is 2. The van der Waals surface area contributed by atoms with E-state index in [1.807, 2.05) is 29.0 Å². The summed E-state index contributed by atoms with van der Waals surface area (Å²) in [6, 6.07) is 6.03. The number of hydrogen-bond acceptors (Lipinski definition) is 3. The van der Waals surface area contributed by atoms with E-state index in [0.29, 0.717) is 6.54 Å². The lowest BCUT2D eigenvalue weighted by Gasteiger charge is -2.05. The van der Waals surface area contributed by atoms with Crippen molar-refractivity contribution in [1.82, 2.24) is 19.7 Å². The van der Waals surface area contributed by atoms with Crippen molar-refractivity contribution in [3.05, 3.63) is 36.8 Å². The highest BCUT2D eigenvalue weighted by molar-refractivity contribution is 5.82. The van der Waals surface area contributed by atoms with E-state index in [2.05, 4.69) is 15.2 Å². The Labute approximate surface area is 97.7 Å². The fourth-order valence-corrected chi connectivity index (χ4v) is 1.93. The molecular weight excluding hydrogens is 216 g/mol. The summed E-state index contributed by atoms with van der Waals surface area (Å²) in [6.45, 7) is 0.659. The second-order valence-electron chi connectivity index (χ2n) is 3.84. The Bertz CT molecular complexity index is 641. The fraction of sp³-hybridized carbons (Fsp3) is 0.167. The van der Waals surface area contributed by atoms with Crippen LogP contribution in [0.15, 0.2) is 36.8 Å². The monoisotopic (exact) mass is 228 g/mol. The molecule has 0 atom stereocenters. The Kier molecular flexibility index (Phi) is 2.38. The first-order valence-corrected chi connectivity index (χ1v) is 5.44. The van der Waals surface area contributed by atoms with E-state index in [9.17, 15) is 0 Å². The first kappa shape index (κ1) is 10.0. The Hall–Kier alpha value is -2.14. The number of H-pyrrole nitrogens is 1. The molecule has 86 valence electrons. The summed E-state index contributed by atoms with van der Waals surface area (Å²) in [6.07, 6.45) is 5.39. The van der Waals surface area contributed by atoms with E-state index >= 15 is 0 Å². The van der Waals surface area contributed by atoms with Gasteiger partial charge in [0.05, 0.1) is 18.3 Å². The van der Waals surface area contributed by atoms with Crippen molar-refractivity contribution in [2.75, 3.05) is 6.61 Å². The van der Waals surface area contributed by atoms with Gasteiger partial charge in [-0.25, -0.2) is 4.98 Å². The minimum atomic E-state index is 0.107. The molecule has 0 unspecified atom stereocenters. The predicted octanol–water partition coefficient (Wildman–Crippen LogP) is 1.42. The van der Waals surface area contributed by atoms with Crippen molar-refractivity contribution in [2.45, 2.75) is 6.54 Å². The second kappa shape index (κ2) is 4.03. The molecule has 0 amide bonds. The van der Waals surface area contributed by atoms with Crippen molar-refractivity contribution < 1.29 is 5.11 Å². The molecule has 0 aliphatic heterocycles. The number of fused-ring (bicyclic) bond motifs is 1. The zero-order chi connectivity index (χ0) is 11.7. The van der Waals surface area contributed by atoms with E-state index in [1.165, 1.54) is 0 Å². The number of rotatable bonds is 3. The number of aromatic amines is 1. The van der Waals surface area contributed by atoms with E-state index in [4.69, 9.17) is 5.11 Å². The van der Waals surface area contributed by atoms with Crippen LogP contribution in [0.1, 0.15) is 0 Å². The molecule has 1 aromatic carbocycles. The maximum Gasteiger partial charge on any atom is 0.140 e. The quantitative estimate of drug-likeness (QED) is 0.712. The topological polar surface area (TPSA) is 66.7 Å². The van der Waals surface area contributed by atoms with Crippen molar-refractivity contribution in [3.63, 3.8) is 0 Å². The minimum absolute atomic E-state index is 0.107. The van der Waals surface area contributed by atoms with Gasteiger partial charge >= 0.3 is 0 Å². The highest BCUT2D eigenvalue weighted by Gasteiger charge is 2.06. The average molecular weight is 228 g/mol. The van der Waals surface area contributed by atoms with Gasteiger partial charge in [0.1, 0.15) is 5.82 Å². The normalized spacial score (nSPS) is 11.1. The van der Waals surface area contributed by atoms with Gasteiger partial charge in [-0.15, -0.1) is 0 Å². The highest BCUT2D eigenvalue weighted by atomic mass is 16.3. The lowest BCUT2D eigenvalue weighted by atomic mass is 10.1. The lowest BCUT2D eigenvalue weighted by Crippen LogP contribution is -2.02. The smallest absolute Gasteiger partial charge is 0.140 e. The third-order valence-corrected chi connectivity index (χ3v) is 2.76. The van der Waals surface area contributed by atoms with E-state index in [1.54, 1.807) is 12.4 Å².